The van der Waals surface area contributed by atoms with Crippen LogP contribution in [0, 0.1) is 46.3 Å². The van der Waals surface area contributed by atoms with Crippen LogP contribution in [0.25, 0.3) is 0 Å². The van der Waals surface area contributed by atoms with Gasteiger partial charge in [-0.05, 0) is 91.9 Å². The highest BCUT2D eigenvalue weighted by Crippen LogP contribution is 2.69. The van der Waals surface area contributed by atoms with Crippen molar-refractivity contribution in [3.8, 4) is 0 Å². The van der Waals surface area contributed by atoms with Gasteiger partial charge < -0.3 is 104 Å². The van der Waals surface area contributed by atoms with Crippen molar-refractivity contribution in [3.63, 3.8) is 0 Å². The highest BCUT2D eigenvalue weighted by molar-refractivity contribution is 5.83. The molecule has 0 aromatic carbocycles. The summed E-state index contributed by atoms with van der Waals surface area (Å²) < 4.78 is 52.5. The predicted octanol–water partition coefficient (Wildman–Crippen LogP) is -2.55. The molecule has 28 atom stereocenters. The summed E-state index contributed by atoms with van der Waals surface area (Å²) in [6.45, 7) is 7.41. The number of hydrogen-bond donors (Lipinski definition) is 12. The van der Waals surface area contributed by atoms with Gasteiger partial charge in [0.25, 0.3) is 0 Å². The Balaban J connectivity index is 0.761. The van der Waals surface area contributed by atoms with Crippen molar-refractivity contribution in [1.29, 1.82) is 0 Å². The Bertz CT molecular complexity index is 1880. The van der Waals surface area contributed by atoms with Gasteiger partial charge in [0, 0.05) is 24.7 Å². The van der Waals surface area contributed by atoms with Gasteiger partial charge in [-0.25, -0.2) is 0 Å². The van der Waals surface area contributed by atoms with E-state index in [0.29, 0.717) is 43.9 Å². The Morgan fingerprint density at radius 2 is 1.32 bits per heavy atom. The lowest BCUT2D eigenvalue weighted by atomic mass is 9.44. The largest absolute Gasteiger partial charge is 0.494 e. The second-order valence-electron chi connectivity index (χ2n) is 22.8. The van der Waals surface area contributed by atoms with Crippen molar-refractivity contribution < 1.29 is 109 Å². The third-order valence-electron chi connectivity index (χ3n) is 18.5. The van der Waals surface area contributed by atoms with Crippen LogP contribution in [0.4, 0.5) is 0 Å². The third-order valence-corrected chi connectivity index (χ3v) is 18.5. The van der Waals surface area contributed by atoms with Gasteiger partial charge in [0.05, 0.1) is 44.9 Å². The van der Waals surface area contributed by atoms with Crippen LogP contribution in [0.5, 0.6) is 0 Å². The SMILES string of the molecule is CC1=C(CCC(C)COC2OC(CO)C(O)C(O)C2O)OC2CC3C4CC(=O)C5CC(OC6OC(COC7OCC(OC8OCC(O)C(O)C8O)C(O)C7O)C(O)C(O)C6O)CCC5(C)C4CCC3(C)C12. The highest BCUT2D eigenvalue weighted by Gasteiger charge is 2.66. The second-order valence-corrected chi connectivity index (χ2v) is 22.8. The van der Waals surface area contributed by atoms with Crippen LogP contribution in [-0.4, -0.2) is 223 Å². The number of aliphatic hydroxyl groups is 12. The van der Waals surface area contributed by atoms with Gasteiger partial charge in [0.2, 0.25) is 0 Å². The van der Waals surface area contributed by atoms with E-state index in [-0.39, 0.29) is 66.2 Å². The average molecular weight is 1020 g/mol. The molecule has 22 nitrogen and oxygen atoms in total. The van der Waals surface area contributed by atoms with E-state index in [9.17, 15) is 66.1 Å². The predicted molar refractivity (Wildman–Crippen MR) is 239 cm³/mol. The quantitative estimate of drug-likeness (QED) is 0.0797. The highest BCUT2D eigenvalue weighted by atomic mass is 16.7. The first kappa shape index (κ1) is 54.2. The minimum Gasteiger partial charge on any atom is -0.494 e. The van der Waals surface area contributed by atoms with Crippen LogP contribution in [0.1, 0.15) is 85.5 Å². The smallest absolute Gasteiger partial charge is 0.186 e. The molecule has 12 N–H and O–H groups in total. The molecule has 9 aliphatic rings. The lowest BCUT2D eigenvalue weighted by Gasteiger charge is -2.60. The number of carbonyl (C=O) groups excluding carboxylic acids is 1. The maximum Gasteiger partial charge on any atom is 0.186 e. The molecule has 22 heteroatoms. The van der Waals surface area contributed by atoms with Crippen LogP contribution in [0.2, 0.25) is 0 Å². The van der Waals surface area contributed by atoms with Crippen molar-refractivity contribution in [1.82, 2.24) is 0 Å². The van der Waals surface area contributed by atoms with E-state index < -0.39 is 130 Å². The number of carbonyl (C=O) groups is 1. The molecular weight excluding hydrogens is 941 g/mol. The molecule has 9 rings (SSSR count). The summed E-state index contributed by atoms with van der Waals surface area (Å²) in [5, 5.41) is 125. The third kappa shape index (κ3) is 10.0. The molecular formula is C49H78O22. The van der Waals surface area contributed by atoms with E-state index in [4.69, 9.17) is 42.6 Å². The maximum absolute atomic E-state index is 14.4. The topological polar surface area (TPSA) is 343 Å². The van der Waals surface area contributed by atoms with Gasteiger partial charge in [0.15, 0.2) is 25.2 Å². The van der Waals surface area contributed by atoms with Crippen LogP contribution >= 0.6 is 0 Å². The van der Waals surface area contributed by atoms with E-state index in [1.165, 1.54) is 5.57 Å². The lowest BCUT2D eigenvalue weighted by molar-refractivity contribution is -0.342. The zero-order chi connectivity index (χ0) is 51.0. The second kappa shape index (κ2) is 21.4. The molecule has 71 heavy (non-hydrogen) atoms. The molecule has 4 saturated heterocycles. The first-order chi connectivity index (χ1) is 33.7. The molecule has 0 amide bonds. The van der Waals surface area contributed by atoms with Crippen molar-refractivity contribution in [3.05, 3.63) is 11.3 Å². The lowest BCUT2D eigenvalue weighted by Crippen LogP contribution is -2.62. The maximum atomic E-state index is 14.4. The monoisotopic (exact) mass is 1020 g/mol. The van der Waals surface area contributed by atoms with Gasteiger partial charge >= 0.3 is 0 Å². The molecule has 0 radical (unpaired) electrons. The van der Waals surface area contributed by atoms with Gasteiger partial charge in [-0.2, -0.15) is 0 Å². The molecule has 28 unspecified atom stereocenters. The Hall–Kier alpha value is -1.59. The summed E-state index contributed by atoms with van der Waals surface area (Å²) in [7, 11) is 0. The summed E-state index contributed by atoms with van der Waals surface area (Å²) in [5.74, 6) is 2.03. The van der Waals surface area contributed by atoms with Crippen molar-refractivity contribution >= 4 is 5.78 Å². The van der Waals surface area contributed by atoms with Gasteiger partial charge in [-0.1, -0.05) is 20.8 Å². The van der Waals surface area contributed by atoms with Gasteiger partial charge in [-0.3, -0.25) is 4.79 Å². The molecule has 8 fully saturated rings. The molecule has 0 aromatic rings. The number of ketones is 1. The number of Topliss-reactive ketones (excluding diaryl/α,β-unsaturated/α-hetero) is 1. The molecule has 4 saturated carbocycles. The van der Waals surface area contributed by atoms with Crippen LogP contribution < -0.4 is 0 Å². The fourth-order valence-electron chi connectivity index (χ4n) is 14.3. The van der Waals surface area contributed by atoms with E-state index in [1.807, 2.05) is 6.92 Å². The zero-order valence-corrected chi connectivity index (χ0v) is 40.9. The normalized spacial score (nSPS) is 52.6. The minimum absolute atomic E-state index is 0.0270. The molecule has 0 aromatic heterocycles. The summed E-state index contributed by atoms with van der Waals surface area (Å²) in [4.78, 5) is 14.4. The number of fused-ring (bicyclic) bond motifs is 7. The molecule has 4 aliphatic carbocycles. The molecule has 5 heterocycles. The molecule has 406 valence electrons. The number of aliphatic hydroxyl groups excluding tert-OH is 12. The Kier molecular flexibility index (Phi) is 16.4. The Labute approximate surface area is 412 Å². The van der Waals surface area contributed by atoms with Crippen LogP contribution in [-0.2, 0) is 47.4 Å². The van der Waals surface area contributed by atoms with Crippen molar-refractivity contribution in [2.24, 2.45) is 46.3 Å². The fraction of sp³-hybridized carbons (Fsp3) is 0.939. The number of rotatable bonds is 14. The average Bonchev–Trinajstić information content (AvgIpc) is 3.83. The van der Waals surface area contributed by atoms with E-state index in [2.05, 4.69) is 20.8 Å². The van der Waals surface area contributed by atoms with Gasteiger partial charge in [-0.15, -0.1) is 0 Å². The van der Waals surface area contributed by atoms with E-state index >= 15 is 0 Å². The summed E-state index contributed by atoms with van der Waals surface area (Å²) >= 11 is 0. The summed E-state index contributed by atoms with van der Waals surface area (Å²) in [6.07, 6.45) is -20.1. The Morgan fingerprint density at radius 3 is 2.06 bits per heavy atom. The molecule has 5 aliphatic heterocycles. The summed E-state index contributed by atoms with van der Waals surface area (Å²) in [6, 6.07) is 0. The van der Waals surface area contributed by atoms with E-state index in [0.717, 1.165) is 31.4 Å². The number of allylic oxidation sites excluding steroid dienone is 1. The minimum atomic E-state index is -1.69. The van der Waals surface area contributed by atoms with E-state index in [1.54, 1.807) is 0 Å². The summed E-state index contributed by atoms with van der Waals surface area (Å²) in [5.41, 5.74) is 0.951. The Morgan fingerprint density at radius 1 is 0.676 bits per heavy atom. The van der Waals surface area contributed by atoms with Gasteiger partial charge in [0.1, 0.15) is 97.3 Å². The number of ether oxygens (including phenoxy) is 9. The standard InChI is InChI=1S/C49H78O22/c1-19(15-63-46-42(61)38(57)35(54)30(14-50)69-46)5-6-28-20(2)33-29(68-28)13-24-22-12-26(51)25-11-21(7-9-48(25,3)23(22)8-10-49(24,33)4)67-47-43(62)39(58)36(55)31(71-47)17-65-44-41(60)37(56)32(18-66-44)70-45-40(59)34(53)27(52)16-64-45/h19,21-25,27,29-47,50,52-62H,5-18H2,1-4H3. The van der Waals surface area contributed by atoms with Crippen LogP contribution in [0.3, 0.4) is 0 Å². The van der Waals surface area contributed by atoms with Crippen molar-refractivity contribution in [2.45, 2.75) is 208 Å². The van der Waals surface area contributed by atoms with Crippen molar-refractivity contribution in [2.75, 3.05) is 33.0 Å². The molecule has 0 bridgehead atoms. The number of hydrogen-bond acceptors (Lipinski definition) is 22. The molecule has 0 spiro atoms. The van der Waals surface area contributed by atoms with Crippen LogP contribution in [0.15, 0.2) is 11.3 Å². The fourth-order valence-corrected chi connectivity index (χ4v) is 14.3. The first-order valence-electron chi connectivity index (χ1n) is 25.7. The zero-order valence-electron chi connectivity index (χ0n) is 40.9. The first-order valence-corrected chi connectivity index (χ1v) is 25.7.